The second-order valence-corrected chi connectivity index (χ2v) is 6.41. The van der Waals surface area contributed by atoms with E-state index in [-0.39, 0.29) is 43.9 Å². The average molecular weight is 385 g/mol. The van der Waals surface area contributed by atoms with Crippen molar-refractivity contribution in [2.45, 2.75) is 25.2 Å². The first-order valence-corrected chi connectivity index (χ1v) is 8.83. The molecule has 2 aromatic rings. The maximum Gasteiger partial charge on any atom is 0.225 e. The fourth-order valence-corrected chi connectivity index (χ4v) is 3.13. The van der Waals surface area contributed by atoms with Crippen molar-refractivity contribution < 1.29 is 14.6 Å². The molecule has 1 amide bonds. The minimum Gasteiger partial charge on any atom is -0.387 e. The van der Waals surface area contributed by atoms with Gasteiger partial charge in [0.15, 0.2) is 0 Å². The van der Waals surface area contributed by atoms with Gasteiger partial charge in [-0.15, -0.1) is 12.4 Å². The van der Waals surface area contributed by atoms with E-state index in [0.29, 0.717) is 6.54 Å². The summed E-state index contributed by atoms with van der Waals surface area (Å²) in [5.41, 5.74) is 7.46. The van der Waals surface area contributed by atoms with Crippen LogP contribution in [0.3, 0.4) is 0 Å². The van der Waals surface area contributed by atoms with Gasteiger partial charge in [-0.3, -0.25) is 4.79 Å². The largest absolute Gasteiger partial charge is 0.387 e. The highest BCUT2D eigenvalue weighted by Gasteiger charge is 2.22. The standard InChI is InChI=1S/C18H24N2O3S.ClH/c1-23-16(10-19)9-18(22)20(11-14-5-3-2-4-6-14)12-17(21)15-7-8-24-13-15;/h2-8,13,16-17,21H,9-12,19H2,1H3;1H. The predicted molar refractivity (Wildman–Crippen MR) is 103 cm³/mol. The third kappa shape index (κ3) is 6.76. The van der Waals surface area contributed by atoms with Crippen molar-refractivity contribution >= 4 is 29.7 Å². The molecule has 0 spiro atoms. The van der Waals surface area contributed by atoms with Gasteiger partial charge in [-0.2, -0.15) is 11.3 Å². The minimum atomic E-state index is -0.706. The number of amides is 1. The summed E-state index contributed by atoms with van der Waals surface area (Å²) in [6.45, 7) is 0.974. The van der Waals surface area contributed by atoms with Crippen molar-refractivity contribution in [3.8, 4) is 0 Å². The number of aliphatic hydroxyl groups excluding tert-OH is 1. The van der Waals surface area contributed by atoms with Crippen molar-refractivity contribution in [3.05, 3.63) is 58.3 Å². The molecule has 1 aromatic heterocycles. The van der Waals surface area contributed by atoms with E-state index in [1.54, 1.807) is 12.0 Å². The Morgan fingerprint density at radius 3 is 2.60 bits per heavy atom. The van der Waals surface area contributed by atoms with E-state index in [0.717, 1.165) is 11.1 Å². The fraction of sp³-hybridized carbons (Fsp3) is 0.389. The van der Waals surface area contributed by atoms with Gasteiger partial charge in [-0.1, -0.05) is 30.3 Å². The van der Waals surface area contributed by atoms with E-state index >= 15 is 0 Å². The van der Waals surface area contributed by atoms with Crippen LogP contribution in [0.5, 0.6) is 0 Å². The number of carbonyl (C=O) groups excluding carboxylic acids is 1. The quantitative estimate of drug-likeness (QED) is 0.696. The molecule has 138 valence electrons. The average Bonchev–Trinajstić information content (AvgIpc) is 3.14. The number of ether oxygens (including phenoxy) is 1. The Hall–Kier alpha value is -1.44. The topological polar surface area (TPSA) is 75.8 Å². The Bertz CT molecular complexity index is 606. The maximum absolute atomic E-state index is 12.7. The lowest BCUT2D eigenvalue weighted by Gasteiger charge is -2.27. The highest BCUT2D eigenvalue weighted by molar-refractivity contribution is 7.07. The number of hydrogen-bond donors (Lipinski definition) is 2. The van der Waals surface area contributed by atoms with Crippen molar-refractivity contribution in [3.63, 3.8) is 0 Å². The van der Waals surface area contributed by atoms with Crippen LogP contribution < -0.4 is 5.73 Å². The van der Waals surface area contributed by atoms with E-state index in [1.807, 2.05) is 47.2 Å². The van der Waals surface area contributed by atoms with E-state index in [2.05, 4.69) is 0 Å². The number of carbonyl (C=O) groups is 1. The Balaban J connectivity index is 0.00000312. The molecule has 0 radical (unpaired) electrons. The molecule has 0 aliphatic heterocycles. The Kier molecular flexibility index (Phi) is 9.70. The molecule has 2 atom stereocenters. The van der Waals surface area contributed by atoms with Gasteiger partial charge in [-0.25, -0.2) is 0 Å². The Morgan fingerprint density at radius 2 is 2.04 bits per heavy atom. The molecule has 2 rings (SSSR count). The first kappa shape index (κ1) is 21.6. The molecule has 0 aliphatic rings. The van der Waals surface area contributed by atoms with Gasteiger partial charge >= 0.3 is 0 Å². The molecular weight excluding hydrogens is 360 g/mol. The lowest BCUT2D eigenvalue weighted by atomic mass is 10.1. The van der Waals surface area contributed by atoms with E-state index < -0.39 is 6.10 Å². The third-order valence-electron chi connectivity index (χ3n) is 3.89. The molecule has 0 fully saturated rings. The highest BCUT2D eigenvalue weighted by atomic mass is 35.5. The second kappa shape index (κ2) is 11.2. The van der Waals surface area contributed by atoms with Crippen LogP contribution in [-0.2, 0) is 16.1 Å². The number of rotatable bonds is 9. The van der Waals surface area contributed by atoms with E-state index in [4.69, 9.17) is 10.5 Å². The molecule has 0 aliphatic carbocycles. The number of aliphatic hydroxyl groups is 1. The summed E-state index contributed by atoms with van der Waals surface area (Å²) in [7, 11) is 1.55. The van der Waals surface area contributed by atoms with Crippen LogP contribution in [0.4, 0.5) is 0 Å². The summed E-state index contributed by atoms with van der Waals surface area (Å²) >= 11 is 1.53. The second-order valence-electron chi connectivity index (χ2n) is 5.63. The van der Waals surface area contributed by atoms with Gasteiger partial charge in [0.25, 0.3) is 0 Å². The molecule has 7 heteroatoms. The lowest BCUT2D eigenvalue weighted by Crippen LogP contribution is -2.38. The zero-order valence-corrected chi connectivity index (χ0v) is 15.8. The zero-order chi connectivity index (χ0) is 17.4. The first-order valence-electron chi connectivity index (χ1n) is 7.88. The van der Waals surface area contributed by atoms with Gasteiger partial charge in [0.1, 0.15) is 0 Å². The van der Waals surface area contributed by atoms with E-state index in [1.165, 1.54) is 11.3 Å². The summed E-state index contributed by atoms with van der Waals surface area (Å²) in [5.74, 6) is -0.0783. The molecular formula is C18H25ClN2O3S. The molecule has 1 aromatic carbocycles. The third-order valence-corrected chi connectivity index (χ3v) is 4.59. The van der Waals surface area contributed by atoms with Gasteiger partial charge < -0.3 is 20.5 Å². The number of methoxy groups -OCH3 is 1. The summed E-state index contributed by atoms with van der Waals surface area (Å²) in [4.78, 5) is 14.3. The molecule has 0 saturated carbocycles. The van der Waals surface area contributed by atoms with Crippen LogP contribution in [-0.4, -0.2) is 42.2 Å². The van der Waals surface area contributed by atoms with Crippen molar-refractivity contribution in [1.29, 1.82) is 0 Å². The van der Waals surface area contributed by atoms with Crippen LogP contribution in [0.15, 0.2) is 47.2 Å². The predicted octanol–water partition coefficient (Wildman–Crippen LogP) is 2.60. The highest BCUT2D eigenvalue weighted by Crippen LogP contribution is 2.19. The van der Waals surface area contributed by atoms with Crippen LogP contribution >= 0.6 is 23.7 Å². The normalized spacial score (nSPS) is 12.9. The molecule has 5 nitrogen and oxygen atoms in total. The number of halogens is 1. The number of thiophene rings is 1. The van der Waals surface area contributed by atoms with Crippen LogP contribution in [0, 0.1) is 0 Å². The summed E-state index contributed by atoms with van der Waals surface area (Å²) < 4.78 is 5.21. The molecule has 25 heavy (non-hydrogen) atoms. The number of nitrogens with two attached hydrogens (primary N) is 1. The van der Waals surface area contributed by atoms with Gasteiger partial charge in [-0.05, 0) is 28.0 Å². The van der Waals surface area contributed by atoms with Crippen LogP contribution in [0.1, 0.15) is 23.7 Å². The Labute approximate surface area is 158 Å². The van der Waals surface area contributed by atoms with Gasteiger partial charge in [0.2, 0.25) is 5.91 Å². The molecule has 1 heterocycles. The molecule has 0 bridgehead atoms. The van der Waals surface area contributed by atoms with E-state index in [9.17, 15) is 9.90 Å². The number of nitrogens with zero attached hydrogens (tertiary/aromatic N) is 1. The Morgan fingerprint density at radius 1 is 1.32 bits per heavy atom. The number of hydrogen-bond acceptors (Lipinski definition) is 5. The smallest absolute Gasteiger partial charge is 0.225 e. The van der Waals surface area contributed by atoms with Crippen molar-refractivity contribution in [1.82, 2.24) is 4.90 Å². The minimum absolute atomic E-state index is 0. The summed E-state index contributed by atoms with van der Waals surface area (Å²) in [6.07, 6.45) is -0.812. The SMILES string of the molecule is COC(CN)CC(=O)N(Cc1ccccc1)CC(O)c1ccsc1.Cl. The summed E-state index contributed by atoms with van der Waals surface area (Å²) in [5, 5.41) is 14.2. The first-order chi connectivity index (χ1) is 11.6. The summed E-state index contributed by atoms with van der Waals surface area (Å²) in [6, 6.07) is 11.6. The molecule has 2 unspecified atom stereocenters. The zero-order valence-electron chi connectivity index (χ0n) is 14.2. The monoisotopic (exact) mass is 384 g/mol. The van der Waals surface area contributed by atoms with Crippen molar-refractivity contribution in [2.75, 3.05) is 20.2 Å². The molecule has 3 N–H and O–H groups in total. The fourth-order valence-electron chi connectivity index (χ4n) is 2.42. The van der Waals surface area contributed by atoms with Gasteiger partial charge in [0.05, 0.1) is 25.2 Å². The van der Waals surface area contributed by atoms with Crippen molar-refractivity contribution in [2.24, 2.45) is 5.73 Å². The van der Waals surface area contributed by atoms with Crippen LogP contribution in [0.2, 0.25) is 0 Å². The van der Waals surface area contributed by atoms with Gasteiger partial charge in [0, 0.05) is 20.2 Å². The number of benzene rings is 1. The lowest BCUT2D eigenvalue weighted by molar-refractivity contribution is -0.135. The van der Waals surface area contributed by atoms with Crippen LogP contribution in [0.25, 0.3) is 0 Å². The maximum atomic E-state index is 12.7. The molecule has 0 saturated heterocycles.